The van der Waals surface area contributed by atoms with E-state index in [1.165, 1.54) is 5.56 Å². The maximum atomic E-state index is 12.9. The molecular formula is C23H19BrN2O3S2. The molecule has 5 nitrogen and oxygen atoms in total. The second kappa shape index (κ2) is 8.41. The molecule has 2 aromatic carbocycles. The standard InChI is InChI=1S/C23H19BrN2O3S2/c24-15-5-1-12(2-6-15)11-30-23-26-17-8-7-16(10-18(17)31-23)25-21(27)19-13-3-4-14(9-13)20(19)22(28)29/h1-8,10,13-14,19-20H,9,11H2,(H,25,27)(H,28,29)/t13-,14-,19-,20+/m0/s1. The summed E-state index contributed by atoms with van der Waals surface area (Å²) in [5, 5.41) is 12.5. The summed E-state index contributed by atoms with van der Waals surface area (Å²) < 4.78 is 3.04. The van der Waals surface area contributed by atoms with Crippen LogP contribution in [0.5, 0.6) is 0 Å². The molecule has 1 saturated carbocycles. The van der Waals surface area contributed by atoms with E-state index in [-0.39, 0.29) is 17.7 Å². The number of nitrogens with zero attached hydrogens (tertiary/aromatic N) is 1. The number of hydrogen-bond acceptors (Lipinski definition) is 5. The zero-order valence-corrected chi connectivity index (χ0v) is 19.5. The smallest absolute Gasteiger partial charge is 0.307 e. The van der Waals surface area contributed by atoms with E-state index in [2.05, 4.69) is 38.4 Å². The molecule has 4 atom stereocenters. The minimum atomic E-state index is -0.887. The van der Waals surface area contributed by atoms with E-state index in [0.29, 0.717) is 5.69 Å². The van der Waals surface area contributed by atoms with Gasteiger partial charge in [-0.3, -0.25) is 9.59 Å². The Kier molecular flexibility index (Phi) is 5.62. The normalized spacial score (nSPS) is 24.0. The molecule has 1 heterocycles. The van der Waals surface area contributed by atoms with Gasteiger partial charge in [-0.15, -0.1) is 11.3 Å². The van der Waals surface area contributed by atoms with Crippen LogP contribution >= 0.6 is 39.0 Å². The molecule has 0 saturated heterocycles. The highest BCUT2D eigenvalue weighted by atomic mass is 79.9. The Bertz CT molecular complexity index is 1190. The van der Waals surface area contributed by atoms with E-state index in [9.17, 15) is 14.7 Å². The molecule has 0 unspecified atom stereocenters. The van der Waals surface area contributed by atoms with Gasteiger partial charge < -0.3 is 10.4 Å². The fourth-order valence-electron chi connectivity index (χ4n) is 4.51. The molecule has 31 heavy (non-hydrogen) atoms. The molecule has 158 valence electrons. The van der Waals surface area contributed by atoms with Gasteiger partial charge in [0.15, 0.2) is 4.34 Å². The van der Waals surface area contributed by atoms with Gasteiger partial charge >= 0.3 is 5.97 Å². The Morgan fingerprint density at radius 3 is 2.61 bits per heavy atom. The summed E-state index contributed by atoms with van der Waals surface area (Å²) in [6, 6.07) is 13.9. The fourth-order valence-corrected chi connectivity index (χ4v) is 6.84. The van der Waals surface area contributed by atoms with Crippen molar-refractivity contribution in [2.45, 2.75) is 16.5 Å². The van der Waals surface area contributed by atoms with E-state index in [0.717, 1.165) is 31.2 Å². The van der Waals surface area contributed by atoms with E-state index < -0.39 is 17.8 Å². The lowest BCUT2D eigenvalue weighted by molar-refractivity contribution is -0.146. The lowest BCUT2D eigenvalue weighted by Gasteiger charge is -2.23. The number of carboxylic acids is 1. The van der Waals surface area contributed by atoms with E-state index in [1.54, 1.807) is 23.1 Å². The summed E-state index contributed by atoms with van der Waals surface area (Å²) in [5.41, 5.74) is 2.81. The lowest BCUT2D eigenvalue weighted by atomic mass is 9.82. The third-order valence-electron chi connectivity index (χ3n) is 5.96. The van der Waals surface area contributed by atoms with Crippen molar-refractivity contribution < 1.29 is 14.7 Å². The van der Waals surface area contributed by atoms with Crippen molar-refractivity contribution >= 4 is 66.8 Å². The number of aromatic nitrogens is 1. The molecule has 3 aromatic rings. The topological polar surface area (TPSA) is 79.3 Å². The number of carbonyl (C=O) groups is 2. The third-order valence-corrected chi connectivity index (χ3v) is 8.72. The molecule has 0 aliphatic heterocycles. The van der Waals surface area contributed by atoms with Crippen LogP contribution in [-0.2, 0) is 15.3 Å². The molecule has 0 radical (unpaired) electrons. The van der Waals surface area contributed by atoms with Crippen molar-refractivity contribution in [1.29, 1.82) is 0 Å². The SMILES string of the molecule is O=C(Nc1ccc2nc(SCc3ccc(Br)cc3)sc2c1)[C@@H]1[C@H](C(=O)O)[C@H]2C=C[C@H]1C2. The Hall–Kier alpha value is -2.16. The van der Waals surface area contributed by atoms with Crippen LogP contribution in [0.2, 0.25) is 0 Å². The van der Waals surface area contributed by atoms with Gasteiger partial charge in [0.1, 0.15) is 0 Å². The number of rotatable bonds is 6. The molecule has 8 heteroatoms. The molecule has 1 amide bonds. The summed E-state index contributed by atoms with van der Waals surface area (Å²) in [7, 11) is 0. The first kappa shape index (κ1) is 20.7. The fraction of sp³-hybridized carbons (Fsp3) is 0.261. The quantitative estimate of drug-likeness (QED) is 0.320. The van der Waals surface area contributed by atoms with E-state index in [4.69, 9.17) is 0 Å². The first-order chi connectivity index (χ1) is 15.0. The lowest BCUT2D eigenvalue weighted by Crippen LogP contribution is -2.36. The minimum absolute atomic E-state index is 0.0137. The highest BCUT2D eigenvalue weighted by Crippen LogP contribution is 2.48. The number of thioether (sulfide) groups is 1. The molecule has 2 N–H and O–H groups in total. The first-order valence-corrected chi connectivity index (χ1v) is 12.6. The monoisotopic (exact) mass is 514 g/mol. The summed E-state index contributed by atoms with van der Waals surface area (Å²) >= 11 is 6.74. The number of amides is 1. The molecule has 2 bridgehead atoms. The van der Waals surface area contributed by atoms with Crippen molar-refractivity contribution in [1.82, 2.24) is 4.98 Å². The van der Waals surface area contributed by atoms with Gasteiger partial charge in [-0.2, -0.15) is 0 Å². The number of thiazole rings is 1. The number of nitrogens with one attached hydrogen (secondary N) is 1. The van der Waals surface area contributed by atoms with Crippen LogP contribution < -0.4 is 5.32 Å². The number of carbonyl (C=O) groups excluding carboxylic acids is 1. The van der Waals surface area contributed by atoms with Crippen molar-refractivity contribution in [3.05, 3.63) is 64.7 Å². The van der Waals surface area contributed by atoms with Gasteiger partial charge in [-0.1, -0.05) is 52.0 Å². The number of carboxylic acid groups (broad SMARTS) is 1. The van der Waals surface area contributed by atoms with Crippen molar-refractivity contribution in [2.24, 2.45) is 23.7 Å². The second-order valence-electron chi connectivity index (χ2n) is 7.90. The van der Waals surface area contributed by atoms with Crippen molar-refractivity contribution in [3.8, 4) is 0 Å². The van der Waals surface area contributed by atoms with Crippen LogP contribution in [0.1, 0.15) is 12.0 Å². The minimum Gasteiger partial charge on any atom is -0.481 e. The summed E-state index contributed by atoms with van der Waals surface area (Å²) in [6.07, 6.45) is 4.70. The zero-order valence-electron chi connectivity index (χ0n) is 16.3. The van der Waals surface area contributed by atoms with Gasteiger partial charge in [-0.05, 0) is 54.2 Å². The molecule has 2 aliphatic carbocycles. The number of aliphatic carboxylic acids is 1. The molecular weight excluding hydrogens is 496 g/mol. The van der Waals surface area contributed by atoms with Crippen LogP contribution in [0.15, 0.2) is 63.4 Å². The highest BCUT2D eigenvalue weighted by molar-refractivity contribution is 9.10. The number of hydrogen-bond donors (Lipinski definition) is 2. The maximum Gasteiger partial charge on any atom is 0.307 e. The largest absolute Gasteiger partial charge is 0.481 e. The number of halogens is 1. The molecule has 1 fully saturated rings. The van der Waals surface area contributed by atoms with Crippen molar-refractivity contribution in [3.63, 3.8) is 0 Å². The maximum absolute atomic E-state index is 12.9. The summed E-state index contributed by atoms with van der Waals surface area (Å²) in [6.45, 7) is 0. The second-order valence-corrected chi connectivity index (χ2v) is 11.1. The first-order valence-electron chi connectivity index (χ1n) is 9.98. The predicted octanol–water partition coefficient (Wildman–Crippen LogP) is 5.81. The molecule has 5 rings (SSSR count). The van der Waals surface area contributed by atoms with Gasteiger partial charge in [-0.25, -0.2) is 4.98 Å². The number of benzene rings is 2. The van der Waals surface area contributed by atoms with Gasteiger partial charge in [0.25, 0.3) is 0 Å². The van der Waals surface area contributed by atoms with Crippen molar-refractivity contribution in [2.75, 3.05) is 5.32 Å². The zero-order chi connectivity index (χ0) is 21.5. The van der Waals surface area contributed by atoms with Gasteiger partial charge in [0.2, 0.25) is 5.91 Å². The summed E-state index contributed by atoms with van der Waals surface area (Å²) in [4.78, 5) is 29.3. The van der Waals surface area contributed by atoms with Crippen LogP contribution in [0.4, 0.5) is 5.69 Å². The van der Waals surface area contributed by atoms with E-state index in [1.807, 2.05) is 42.5 Å². The highest BCUT2D eigenvalue weighted by Gasteiger charge is 2.51. The number of fused-ring (bicyclic) bond motifs is 3. The van der Waals surface area contributed by atoms with Crippen LogP contribution in [0.3, 0.4) is 0 Å². The molecule has 1 aromatic heterocycles. The Balaban J connectivity index is 1.29. The third kappa shape index (κ3) is 4.16. The van der Waals surface area contributed by atoms with Crippen LogP contribution in [0.25, 0.3) is 10.2 Å². The number of anilines is 1. The Labute approximate surface area is 196 Å². The molecule has 2 aliphatic rings. The summed E-state index contributed by atoms with van der Waals surface area (Å²) in [5.74, 6) is -1.43. The Morgan fingerprint density at radius 2 is 1.87 bits per heavy atom. The van der Waals surface area contributed by atoms with E-state index >= 15 is 0 Å². The van der Waals surface area contributed by atoms with Gasteiger partial charge in [0.05, 0.1) is 22.1 Å². The predicted molar refractivity (Wildman–Crippen MR) is 127 cm³/mol. The number of allylic oxidation sites excluding steroid dienone is 2. The average molecular weight is 515 g/mol. The average Bonchev–Trinajstić information content (AvgIpc) is 3.47. The van der Waals surface area contributed by atoms with Gasteiger partial charge in [0, 0.05) is 15.9 Å². The molecule has 0 spiro atoms. The Morgan fingerprint density at radius 1 is 1.13 bits per heavy atom. The van der Waals surface area contributed by atoms with Crippen LogP contribution in [-0.4, -0.2) is 22.0 Å². The van der Waals surface area contributed by atoms with Crippen LogP contribution in [0, 0.1) is 23.7 Å².